The summed E-state index contributed by atoms with van der Waals surface area (Å²) in [6.07, 6.45) is 4.70. The van der Waals surface area contributed by atoms with Crippen LogP contribution in [0.3, 0.4) is 0 Å². The first kappa shape index (κ1) is 13.9. The Morgan fingerprint density at radius 1 is 1.32 bits per heavy atom. The summed E-state index contributed by atoms with van der Waals surface area (Å²) in [7, 11) is 0. The number of hydrazone groups is 1. The van der Waals surface area contributed by atoms with Gasteiger partial charge in [0.25, 0.3) is 0 Å². The van der Waals surface area contributed by atoms with Crippen molar-refractivity contribution in [2.24, 2.45) is 11.0 Å². The van der Waals surface area contributed by atoms with E-state index in [4.69, 9.17) is 12.2 Å². The Morgan fingerprint density at radius 3 is 2.74 bits per heavy atom. The fourth-order valence-electron chi connectivity index (χ4n) is 2.15. The van der Waals surface area contributed by atoms with Gasteiger partial charge in [-0.1, -0.05) is 13.3 Å². The molecule has 0 aliphatic heterocycles. The van der Waals surface area contributed by atoms with Gasteiger partial charge in [0, 0.05) is 11.4 Å². The van der Waals surface area contributed by atoms with E-state index in [2.05, 4.69) is 22.8 Å². The summed E-state index contributed by atoms with van der Waals surface area (Å²) in [5, 5.41) is 7.76. The van der Waals surface area contributed by atoms with Crippen LogP contribution in [0.5, 0.6) is 0 Å². The lowest BCUT2D eigenvalue weighted by atomic mass is 9.89. The van der Waals surface area contributed by atoms with E-state index in [0.717, 1.165) is 12.1 Å². The lowest BCUT2D eigenvalue weighted by Crippen LogP contribution is -2.27. The van der Waals surface area contributed by atoms with Gasteiger partial charge in [0.2, 0.25) is 0 Å². The molecule has 0 radical (unpaired) electrons. The molecule has 1 aromatic rings. The Hall–Kier alpha value is -1.49. The predicted molar refractivity (Wildman–Crippen MR) is 80.8 cm³/mol. The van der Waals surface area contributed by atoms with Crippen molar-refractivity contribution in [1.82, 2.24) is 5.43 Å². The van der Waals surface area contributed by atoms with Crippen LogP contribution in [0.4, 0.5) is 10.1 Å². The number of halogens is 1. The molecule has 1 saturated carbocycles. The Morgan fingerprint density at radius 2 is 2.05 bits per heavy atom. The average molecular weight is 279 g/mol. The normalized spacial score (nSPS) is 21.2. The number of anilines is 1. The second kappa shape index (κ2) is 6.61. The van der Waals surface area contributed by atoms with Crippen LogP contribution in [0.1, 0.15) is 32.6 Å². The van der Waals surface area contributed by atoms with E-state index >= 15 is 0 Å². The second-order valence-corrected chi connectivity index (χ2v) is 5.23. The number of hydrogen-bond donors (Lipinski definition) is 2. The number of nitrogens with zero attached hydrogens (tertiary/aromatic N) is 1. The largest absolute Gasteiger partial charge is 0.331 e. The molecule has 0 amide bonds. The van der Waals surface area contributed by atoms with Crippen LogP contribution >= 0.6 is 12.2 Å². The van der Waals surface area contributed by atoms with Crippen LogP contribution in [0.25, 0.3) is 0 Å². The molecule has 0 spiro atoms. The Kier molecular flexibility index (Phi) is 4.85. The first-order valence-corrected chi connectivity index (χ1v) is 6.95. The van der Waals surface area contributed by atoms with E-state index in [1.807, 2.05) is 0 Å². The molecule has 0 heterocycles. The molecule has 1 fully saturated rings. The van der Waals surface area contributed by atoms with Crippen molar-refractivity contribution in [2.75, 3.05) is 5.32 Å². The smallest absolute Gasteiger partial charge is 0.191 e. The summed E-state index contributed by atoms with van der Waals surface area (Å²) in [4.78, 5) is 0. The highest BCUT2D eigenvalue weighted by Crippen LogP contribution is 2.20. The Bertz CT molecular complexity index is 470. The van der Waals surface area contributed by atoms with E-state index in [0.29, 0.717) is 11.0 Å². The number of thiocarbonyl (C=S) groups is 1. The molecule has 19 heavy (non-hydrogen) atoms. The van der Waals surface area contributed by atoms with Crippen LogP contribution in [-0.2, 0) is 0 Å². The molecule has 1 aromatic carbocycles. The highest BCUT2D eigenvalue weighted by atomic mass is 32.1. The van der Waals surface area contributed by atoms with Gasteiger partial charge in [-0.05, 0) is 61.7 Å². The van der Waals surface area contributed by atoms with Crippen molar-refractivity contribution in [1.29, 1.82) is 0 Å². The van der Waals surface area contributed by atoms with Crippen molar-refractivity contribution in [3.63, 3.8) is 0 Å². The minimum absolute atomic E-state index is 0.263. The van der Waals surface area contributed by atoms with Gasteiger partial charge in [0.1, 0.15) is 5.82 Å². The predicted octanol–water partition coefficient (Wildman–Crippen LogP) is 3.68. The van der Waals surface area contributed by atoms with E-state index in [1.165, 1.54) is 37.1 Å². The third-order valence-corrected chi connectivity index (χ3v) is 3.49. The molecule has 2 N–H and O–H groups in total. The zero-order valence-corrected chi connectivity index (χ0v) is 11.8. The molecule has 2 rings (SSSR count). The van der Waals surface area contributed by atoms with Crippen LogP contribution < -0.4 is 10.7 Å². The standard InChI is InChI=1S/C14H18FN3S/c1-10-4-2-3-5-13(10)17-18-14(19)16-12-8-6-11(15)7-9-12/h6-10H,2-5H2,1H3,(H2,16,18,19)/b17-13-/t10-/m1/s1. The average Bonchev–Trinajstić information content (AvgIpc) is 2.40. The fraction of sp³-hybridized carbons (Fsp3) is 0.429. The van der Waals surface area contributed by atoms with Crippen molar-refractivity contribution in [2.45, 2.75) is 32.6 Å². The molecular formula is C14H18FN3S. The maximum Gasteiger partial charge on any atom is 0.191 e. The van der Waals surface area contributed by atoms with Gasteiger partial charge in [-0.25, -0.2) is 4.39 Å². The molecule has 0 bridgehead atoms. The Balaban J connectivity index is 1.87. The zero-order chi connectivity index (χ0) is 13.7. The van der Waals surface area contributed by atoms with Gasteiger partial charge in [0.15, 0.2) is 5.11 Å². The third-order valence-electron chi connectivity index (χ3n) is 3.29. The van der Waals surface area contributed by atoms with Crippen molar-refractivity contribution < 1.29 is 4.39 Å². The quantitative estimate of drug-likeness (QED) is 0.640. The van der Waals surface area contributed by atoms with Crippen molar-refractivity contribution in [3.8, 4) is 0 Å². The van der Waals surface area contributed by atoms with Gasteiger partial charge in [0.05, 0.1) is 0 Å². The molecule has 1 atom stereocenters. The van der Waals surface area contributed by atoms with E-state index in [1.54, 1.807) is 12.1 Å². The van der Waals surface area contributed by atoms with Gasteiger partial charge in [-0.2, -0.15) is 5.10 Å². The molecule has 0 saturated heterocycles. The highest BCUT2D eigenvalue weighted by Gasteiger charge is 2.15. The molecule has 102 valence electrons. The number of nitrogens with one attached hydrogen (secondary N) is 2. The minimum atomic E-state index is -0.263. The molecule has 5 heteroatoms. The maximum absolute atomic E-state index is 12.8. The van der Waals surface area contributed by atoms with Crippen LogP contribution in [0, 0.1) is 11.7 Å². The molecule has 0 unspecified atom stereocenters. The van der Waals surface area contributed by atoms with E-state index in [-0.39, 0.29) is 5.82 Å². The monoisotopic (exact) mass is 279 g/mol. The second-order valence-electron chi connectivity index (χ2n) is 4.82. The molecule has 1 aliphatic rings. The van der Waals surface area contributed by atoms with Gasteiger partial charge in [-0.15, -0.1) is 0 Å². The van der Waals surface area contributed by atoms with E-state index in [9.17, 15) is 4.39 Å². The van der Waals surface area contributed by atoms with Crippen LogP contribution in [0.2, 0.25) is 0 Å². The SMILES string of the molecule is C[C@@H]1CCCC/C1=N/NC(=S)Nc1ccc(F)cc1. The summed E-state index contributed by atoms with van der Waals surface area (Å²) >= 11 is 5.15. The summed E-state index contributed by atoms with van der Waals surface area (Å²) in [5.41, 5.74) is 4.78. The van der Waals surface area contributed by atoms with Crippen molar-refractivity contribution >= 4 is 28.7 Å². The first-order valence-electron chi connectivity index (χ1n) is 6.54. The number of hydrogen-bond acceptors (Lipinski definition) is 2. The summed E-state index contributed by atoms with van der Waals surface area (Å²) in [6.45, 7) is 2.19. The van der Waals surface area contributed by atoms with Gasteiger partial charge < -0.3 is 5.32 Å². The summed E-state index contributed by atoms with van der Waals surface area (Å²) < 4.78 is 12.8. The first-order chi connectivity index (χ1) is 9.15. The lowest BCUT2D eigenvalue weighted by Gasteiger charge is -2.20. The van der Waals surface area contributed by atoms with Crippen LogP contribution in [0.15, 0.2) is 29.4 Å². The highest BCUT2D eigenvalue weighted by molar-refractivity contribution is 7.80. The van der Waals surface area contributed by atoms with Crippen molar-refractivity contribution in [3.05, 3.63) is 30.1 Å². The summed E-state index contributed by atoms with van der Waals surface area (Å²) in [6, 6.07) is 6.06. The van der Waals surface area contributed by atoms with Gasteiger partial charge in [-0.3, -0.25) is 5.43 Å². The molecule has 0 aromatic heterocycles. The third kappa shape index (κ3) is 4.28. The Labute approximate surface area is 118 Å². The molecular weight excluding hydrogens is 261 g/mol. The van der Waals surface area contributed by atoms with Crippen LogP contribution in [-0.4, -0.2) is 10.8 Å². The maximum atomic E-state index is 12.8. The number of benzene rings is 1. The lowest BCUT2D eigenvalue weighted by molar-refractivity contribution is 0.555. The molecule has 3 nitrogen and oxygen atoms in total. The topological polar surface area (TPSA) is 36.4 Å². The van der Waals surface area contributed by atoms with Gasteiger partial charge >= 0.3 is 0 Å². The minimum Gasteiger partial charge on any atom is -0.331 e. The molecule has 1 aliphatic carbocycles. The summed E-state index contributed by atoms with van der Waals surface area (Å²) in [5.74, 6) is 0.260. The number of rotatable bonds is 2. The fourth-order valence-corrected chi connectivity index (χ4v) is 2.31. The van der Waals surface area contributed by atoms with E-state index < -0.39 is 0 Å². The zero-order valence-electron chi connectivity index (χ0n) is 10.9.